The number of amides is 1. The number of ether oxygens (including phenoxy) is 1. The van der Waals surface area contributed by atoms with E-state index in [4.69, 9.17) is 4.74 Å². The Labute approximate surface area is 160 Å². The number of halogens is 1. The van der Waals surface area contributed by atoms with Crippen molar-refractivity contribution in [3.63, 3.8) is 0 Å². The van der Waals surface area contributed by atoms with Gasteiger partial charge in [-0.3, -0.25) is 9.67 Å². The van der Waals surface area contributed by atoms with Gasteiger partial charge in [-0.15, -0.1) is 24.0 Å². The number of nitrogens with zero attached hydrogens (tertiary/aromatic N) is 5. The lowest BCUT2D eigenvalue weighted by Gasteiger charge is -2.35. The van der Waals surface area contributed by atoms with Crippen LogP contribution in [0.4, 0.5) is 4.79 Å². The summed E-state index contributed by atoms with van der Waals surface area (Å²) in [6.07, 6.45) is 3.63. The molecule has 0 aliphatic carbocycles. The Kier molecular flexibility index (Phi) is 8.87. The van der Waals surface area contributed by atoms with Crippen LogP contribution in [0.3, 0.4) is 0 Å². The summed E-state index contributed by atoms with van der Waals surface area (Å²) in [5.41, 5.74) is 1.16. The van der Waals surface area contributed by atoms with E-state index in [0.29, 0.717) is 19.7 Å². The molecule has 0 unspecified atom stereocenters. The number of guanidine groups is 1. The van der Waals surface area contributed by atoms with Crippen molar-refractivity contribution in [2.75, 3.05) is 46.4 Å². The molecular weight excluding hydrogens is 423 g/mol. The summed E-state index contributed by atoms with van der Waals surface area (Å²) < 4.78 is 6.94. The van der Waals surface area contributed by atoms with Gasteiger partial charge in [0.2, 0.25) is 0 Å². The average molecular weight is 450 g/mol. The zero-order valence-electron chi connectivity index (χ0n) is 14.6. The summed E-state index contributed by atoms with van der Waals surface area (Å²) in [7, 11) is 1.78. The molecule has 2 heterocycles. The zero-order chi connectivity index (χ0) is 16.7. The molecule has 1 aromatic rings. The standard InChI is InChI=1S/C15H26N6O2.HI/c1-4-23-15(22)20-9-7-19(8-10-20)14(16-3)17-5-6-21-12-13(2)11-18-21;/h11-12H,4-10H2,1-3H3,(H,16,17);1H. The number of nitrogens with one attached hydrogen (secondary N) is 1. The number of aliphatic imine (C=N–C) groups is 1. The fourth-order valence-corrected chi connectivity index (χ4v) is 2.52. The Hall–Kier alpha value is -1.52. The average Bonchev–Trinajstić information content (AvgIpc) is 2.97. The maximum Gasteiger partial charge on any atom is 0.409 e. The monoisotopic (exact) mass is 450 g/mol. The lowest BCUT2D eigenvalue weighted by atomic mass is 10.3. The fraction of sp³-hybridized carbons (Fsp3) is 0.667. The largest absolute Gasteiger partial charge is 0.450 e. The second-order valence-electron chi connectivity index (χ2n) is 5.43. The highest BCUT2D eigenvalue weighted by molar-refractivity contribution is 14.0. The molecule has 24 heavy (non-hydrogen) atoms. The predicted octanol–water partition coefficient (Wildman–Crippen LogP) is 1.16. The fourth-order valence-electron chi connectivity index (χ4n) is 2.52. The van der Waals surface area contributed by atoms with Crippen molar-refractivity contribution in [2.45, 2.75) is 20.4 Å². The van der Waals surface area contributed by atoms with E-state index < -0.39 is 0 Å². The molecule has 1 amide bonds. The predicted molar refractivity (Wildman–Crippen MR) is 104 cm³/mol. The smallest absolute Gasteiger partial charge is 0.409 e. The first-order valence-electron chi connectivity index (χ1n) is 8.00. The highest BCUT2D eigenvalue weighted by Gasteiger charge is 2.23. The van der Waals surface area contributed by atoms with Gasteiger partial charge in [0.25, 0.3) is 0 Å². The van der Waals surface area contributed by atoms with Crippen LogP contribution in [0.15, 0.2) is 17.4 Å². The number of carbonyl (C=O) groups is 1. The highest BCUT2D eigenvalue weighted by Crippen LogP contribution is 2.04. The number of aryl methyl sites for hydroxylation is 1. The Bertz CT molecular complexity index is 540. The van der Waals surface area contributed by atoms with Crippen LogP contribution in [0.1, 0.15) is 12.5 Å². The molecule has 1 saturated heterocycles. The van der Waals surface area contributed by atoms with Gasteiger partial charge in [0.05, 0.1) is 19.3 Å². The maximum absolute atomic E-state index is 11.7. The summed E-state index contributed by atoms with van der Waals surface area (Å²) in [4.78, 5) is 19.9. The molecule has 0 bridgehead atoms. The molecule has 1 N–H and O–H groups in total. The van der Waals surface area contributed by atoms with Crippen LogP contribution in [0, 0.1) is 6.92 Å². The van der Waals surface area contributed by atoms with E-state index in [1.54, 1.807) is 11.9 Å². The quantitative estimate of drug-likeness (QED) is 0.424. The number of hydrogen-bond donors (Lipinski definition) is 1. The number of carbonyl (C=O) groups excluding carboxylic acids is 1. The first-order chi connectivity index (χ1) is 11.1. The second-order valence-corrected chi connectivity index (χ2v) is 5.43. The minimum Gasteiger partial charge on any atom is -0.450 e. The molecule has 0 radical (unpaired) electrons. The van der Waals surface area contributed by atoms with Crippen molar-refractivity contribution in [1.82, 2.24) is 24.9 Å². The molecule has 1 aromatic heterocycles. The third-order valence-electron chi connectivity index (χ3n) is 3.70. The van der Waals surface area contributed by atoms with Crippen molar-refractivity contribution in [3.8, 4) is 0 Å². The summed E-state index contributed by atoms with van der Waals surface area (Å²) >= 11 is 0. The van der Waals surface area contributed by atoms with Crippen molar-refractivity contribution < 1.29 is 9.53 Å². The van der Waals surface area contributed by atoms with Crippen LogP contribution >= 0.6 is 24.0 Å². The summed E-state index contributed by atoms with van der Waals surface area (Å²) in [5, 5.41) is 7.61. The zero-order valence-corrected chi connectivity index (χ0v) is 16.9. The van der Waals surface area contributed by atoms with Crippen molar-refractivity contribution >= 4 is 36.0 Å². The SMILES string of the molecule is CCOC(=O)N1CCN(C(=NC)NCCn2cc(C)cn2)CC1.I. The van der Waals surface area contributed by atoms with Crippen LogP contribution in [0.5, 0.6) is 0 Å². The van der Waals surface area contributed by atoms with Crippen LogP contribution in [-0.2, 0) is 11.3 Å². The Morgan fingerprint density at radius 1 is 1.33 bits per heavy atom. The van der Waals surface area contributed by atoms with Gasteiger partial charge in [0.15, 0.2) is 5.96 Å². The summed E-state index contributed by atoms with van der Waals surface area (Å²) in [6.45, 7) is 8.60. The van der Waals surface area contributed by atoms with Gasteiger partial charge in [0, 0.05) is 46.0 Å². The molecule has 0 atom stereocenters. The van der Waals surface area contributed by atoms with Gasteiger partial charge < -0.3 is 19.9 Å². The van der Waals surface area contributed by atoms with Gasteiger partial charge in [0.1, 0.15) is 0 Å². The van der Waals surface area contributed by atoms with Gasteiger partial charge in [-0.2, -0.15) is 5.10 Å². The van der Waals surface area contributed by atoms with Gasteiger partial charge in [-0.05, 0) is 19.4 Å². The van der Waals surface area contributed by atoms with E-state index >= 15 is 0 Å². The molecule has 8 nitrogen and oxygen atoms in total. The summed E-state index contributed by atoms with van der Waals surface area (Å²) in [5.74, 6) is 0.859. The van der Waals surface area contributed by atoms with Gasteiger partial charge in [-0.1, -0.05) is 0 Å². The van der Waals surface area contributed by atoms with Crippen LogP contribution in [-0.4, -0.2) is 78.0 Å². The Morgan fingerprint density at radius 2 is 2.00 bits per heavy atom. The van der Waals surface area contributed by atoms with E-state index in [1.807, 2.05) is 30.9 Å². The normalized spacial score (nSPS) is 15.0. The van der Waals surface area contributed by atoms with E-state index in [2.05, 4.69) is 20.3 Å². The van der Waals surface area contributed by atoms with E-state index in [9.17, 15) is 4.79 Å². The molecule has 9 heteroatoms. The molecular formula is C15H27IN6O2. The summed E-state index contributed by atoms with van der Waals surface area (Å²) in [6, 6.07) is 0. The molecule has 0 aromatic carbocycles. The van der Waals surface area contributed by atoms with E-state index in [0.717, 1.165) is 37.7 Å². The first-order valence-corrected chi connectivity index (χ1v) is 8.00. The van der Waals surface area contributed by atoms with Gasteiger partial charge >= 0.3 is 6.09 Å². The van der Waals surface area contributed by atoms with E-state index in [1.165, 1.54) is 0 Å². The topological polar surface area (TPSA) is 75.0 Å². The van der Waals surface area contributed by atoms with Gasteiger partial charge in [-0.25, -0.2) is 4.79 Å². The third kappa shape index (κ3) is 5.84. The Morgan fingerprint density at radius 3 is 2.54 bits per heavy atom. The molecule has 0 spiro atoms. The number of piperazine rings is 1. The second kappa shape index (κ2) is 10.4. The maximum atomic E-state index is 11.7. The molecule has 0 saturated carbocycles. The van der Waals surface area contributed by atoms with Crippen molar-refractivity contribution in [1.29, 1.82) is 0 Å². The van der Waals surface area contributed by atoms with Crippen LogP contribution in [0.25, 0.3) is 0 Å². The minimum absolute atomic E-state index is 0. The number of aromatic nitrogens is 2. The molecule has 1 aliphatic rings. The van der Waals surface area contributed by atoms with E-state index in [-0.39, 0.29) is 30.1 Å². The Balaban J connectivity index is 0.00000288. The molecule has 1 fully saturated rings. The lowest BCUT2D eigenvalue weighted by Crippen LogP contribution is -2.54. The highest BCUT2D eigenvalue weighted by atomic mass is 127. The van der Waals surface area contributed by atoms with Crippen molar-refractivity contribution in [2.24, 2.45) is 4.99 Å². The molecule has 2 rings (SSSR count). The number of rotatable bonds is 4. The number of hydrogen-bond acceptors (Lipinski definition) is 4. The third-order valence-corrected chi connectivity index (χ3v) is 3.70. The molecule has 1 aliphatic heterocycles. The molecule has 136 valence electrons. The first kappa shape index (κ1) is 20.5. The van der Waals surface area contributed by atoms with Crippen molar-refractivity contribution in [3.05, 3.63) is 18.0 Å². The minimum atomic E-state index is -0.232. The lowest BCUT2D eigenvalue weighted by molar-refractivity contribution is 0.0914. The van der Waals surface area contributed by atoms with Crippen LogP contribution < -0.4 is 5.32 Å². The van der Waals surface area contributed by atoms with Crippen LogP contribution in [0.2, 0.25) is 0 Å².